The Labute approximate surface area is 78.7 Å². The van der Waals surface area contributed by atoms with Gasteiger partial charge < -0.3 is 10.6 Å². The van der Waals surface area contributed by atoms with E-state index >= 15 is 0 Å². The number of hydrogen-bond donors (Lipinski definition) is 2. The van der Waals surface area contributed by atoms with Gasteiger partial charge in [-0.15, -0.1) is 0 Å². The van der Waals surface area contributed by atoms with E-state index in [-0.39, 0.29) is 12.1 Å². The summed E-state index contributed by atoms with van der Waals surface area (Å²) in [5, 5.41) is 6.03. The van der Waals surface area contributed by atoms with Crippen LogP contribution in [0, 0.1) is 0 Å². The first-order chi connectivity index (χ1) is 5.56. The zero-order valence-corrected chi connectivity index (χ0v) is 8.99. The van der Waals surface area contributed by atoms with Crippen LogP contribution in [0.25, 0.3) is 0 Å². The van der Waals surface area contributed by atoms with E-state index in [0.29, 0.717) is 5.25 Å². The quantitative estimate of drug-likeness (QED) is 0.704. The van der Waals surface area contributed by atoms with Gasteiger partial charge >= 0.3 is 6.03 Å². The van der Waals surface area contributed by atoms with Gasteiger partial charge in [-0.25, -0.2) is 4.79 Å². The number of thioether (sulfide) groups is 1. The molecule has 3 nitrogen and oxygen atoms in total. The normalized spacial score (nSPS) is 12.8. The van der Waals surface area contributed by atoms with Gasteiger partial charge in [0.1, 0.15) is 0 Å². The molecular formula is C8H18N2OS. The minimum atomic E-state index is -0.0779. The predicted octanol–water partition coefficient (Wildman–Crippen LogP) is 1.45. The summed E-state index contributed by atoms with van der Waals surface area (Å²) in [6.07, 6.45) is 2.03. The molecule has 2 amide bonds. The second-order valence-corrected chi connectivity index (χ2v) is 4.33. The Morgan fingerprint density at radius 1 is 1.42 bits per heavy atom. The Morgan fingerprint density at radius 2 is 2.00 bits per heavy atom. The fourth-order valence-electron chi connectivity index (χ4n) is 0.633. The molecule has 0 aliphatic heterocycles. The summed E-state index contributed by atoms with van der Waals surface area (Å²) in [6.45, 7) is 6.69. The van der Waals surface area contributed by atoms with Crippen molar-refractivity contribution < 1.29 is 4.79 Å². The van der Waals surface area contributed by atoms with E-state index in [1.54, 1.807) is 11.8 Å². The number of hydrogen-bond acceptors (Lipinski definition) is 2. The second-order valence-electron chi connectivity index (χ2n) is 3.06. The number of urea groups is 1. The highest BCUT2D eigenvalue weighted by Gasteiger charge is 2.03. The van der Waals surface area contributed by atoms with Crippen molar-refractivity contribution >= 4 is 17.8 Å². The van der Waals surface area contributed by atoms with Crippen molar-refractivity contribution in [3.8, 4) is 0 Å². The van der Waals surface area contributed by atoms with Crippen molar-refractivity contribution in [3.05, 3.63) is 0 Å². The van der Waals surface area contributed by atoms with Crippen LogP contribution in [0.1, 0.15) is 20.8 Å². The monoisotopic (exact) mass is 190 g/mol. The number of carbonyl (C=O) groups excluding carboxylic acids is 1. The first kappa shape index (κ1) is 11.6. The molecule has 2 N–H and O–H groups in total. The highest BCUT2D eigenvalue weighted by atomic mass is 32.2. The molecule has 0 rings (SSSR count). The van der Waals surface area contributed by atoms with Gasteiger partial charge in [-0.05, 0) is 20.1 Å². The minimum Gasteiger partial charge on any atom is -0.337 e. The Balaban J connectivity index is 3.44. The summed E-state index contributed by atoms with van der Waals surface area (Å²) in [5.74, 6) is 0. The Morgan fingerprint density at radius 3 is 2.42 bits per heavy atom. The van der Waals surface area contributed by atoms with E-state index in [1.165, 1.54) is 0 Å². The molecule has 4 heteroatoms. The zero-order chi connectivity index (χ0) is 9.56. The van der Waals surface area contributed by atoms with Crippen molar-refractivity contribution in [1.82, 2.24) is 10.6 Å². The fraction of sp³-hybridized carbons (Fsp3) is 0.875. The van der Waals surface area contributed by atoms with Crippen LogP contribution in [-0.2, 0) is 0 Å². The molecule has 0 bridgehead atoms. The molecule has 0 saturated heterocycles. The summed E-state index contributed by atoms with van der Waals surface area (Å²) in [7, 11) is 0. The van der Waals surface area contributed by atoms with Gasteiger partial charge in [-0.3, -0.25) is 0 Å². The first-order valence-corrected chi connectivity index (χ1v) is 5.42. The molecule has 12 heavy (non-hydrogen) atoms. The first-order valence-electron chi connectivity index (χ1n) is 4.13. The molecule has 0 fully saturated rings. The molecule has 1 unspecified atom stereocenters. The second kappa shape index (κ2) is 6.17. The molecule has 0 aliphatic rings. The Kier molecular flexibility index (Phi) is 5.98. The predicted molar refractivity (Wildman–Crippen MR) is 54.6 cm³/mol. The van der Waals surface area contributed by atoms with Crippen molar-refractivity contribution in [2.45, 2.75) is 32.1 Å². The van der Waals surface area contributed by atoms with E-state index in [9.17, 15) is 4.79 Å². The lowest BCUT2D eigenvalue weighted by atomic mass is 10.4. The lowest BCUT2D eigenvalue weighted by Crippen LogP contribution is -2.41. The lowest BCUT2D eigenvalue weighted by molar-refractivity contribution is 0.238. The molecule has 0 aromatic rings. The summed E-state index contributed by atoms with van der Waals surface area (Å²) >= 11 is 1.74. The van der Waals surface area contributed by atoms with Gasteiger partial charge in [0.05, 0.1) is 0 Å². The van der Waals surface area contributed by atoms with Crippen LogP contribution in [0.15, 0.2) is 0 Å². The maximum absolute atomic E-state index is 11.0. The third kappa shape index (κ3) is 6.34. The third-order valence-corrected chi connectivity index (χ3v) is 2.34. The fourth-order valence-corrected chi connectivity index (χ4v) is 0.883. The molecule has 0 aromatic heterocycles. The average molecular weight is 190 g/mol. The van der Waals surface area contributed by atoms with Crippen LogP contribution >= 0.6 is 11.8 Å². The molecule has 0 heterocycles. The lowest BCUT2D eigenvalue weighted by Gasteiger charge is -2.12. The highest BCUT2D eigenvalue weighted by molar-refractivity contribution is 7.99. The molecule has 0 aliphatic carbocycles. The van der Waals surface area contributed by atoms with Gasteiger partial charge in [-0.1, -0.05) is 6.92 Å². The van der Waals surface area contributed by atoms with E-state index in [4.69, 9.17) is 0 Å². The summed E-state index contributed by atoms with van der Waals surface area (Å²) in [6, 6.07) is 0.125. The van der Waals surface area contributed by atoms with Gasteiger partial charge in [0, 0.05) is 17.8 Å². The Bertz CT molecular complexity index is 139. The topological polar surface area (TPSA) is 41.1 Å². The minimum absolute atomic E-state index is 0.0779. The molecule has 72 valence electrons. The molecule has 0 spiro atoms. The third-order valence-electron chi connectivity index (χ3n) is 1.37. The maximum Gasteiger partial charge on any atom is 0.315 e. The summed E-state index contributed by atoms with van der Waals surface area (Å²) in [4.78, 5) is 11.0. The smallest absolute Gasteiger partial charge is 0.315 e. The Hall–Kier alpha value is -0.380. The summed E-state index contributed by atoms with van der Waals surface area (Å²) < 4.78 is 0. The molecule has 0 aromatic carbocycles. The summed E-state index contributed by atoms with van der Waals surface area (Å²) in [5.41, 5.74) is 0. The van der Waals surface area contributed by atoms with Crippen LogP contribution in [0.4, 0.5) is 4.79 Å². The maximum atomic E-state index is 11.0. The molecule has 1 atom stereocenters. The van der Waals surface area contributed by atoms with E-state index in [2.05, 4.69) is 17.6 Å². The molecule has 0 saturated carbocycles. The van der Waals surface area contributed by atoms with E-state index < -0.39 is 0 Å². The SMILES string of the molecule is CSC(C)CNC(=O)NC(C)C. The van der Waals surface area contributed by atoms with Crippen LogP contribution in [0.5, 0.6) is 0 Å². The van der Waals surface area contributed by atoms with Crippen molar-refractivity contribution in [2.24, 2.45) is 0 Å². The number of rotatable bonds is 4. The average Bonchev–Trinajstić information content (AvgIpc) is 1.99. The largest absolute Gasteiger partial charge is 0.337 e. The van der Waals surface area contributed by atoms with Crippen LogP contribution in [-0.4, -0.2) is 30.1 Å². The van der Waals surface area contributed by atoms with Crippen LogP contribution in [0.2, 0.25) is 0 Å². The van der Waals surface area contributed by atoms with E-state index in [0.717, 1.165) is 6.54 Å². The van der Waals surface area contributed by atoms with E-state index in [1.807, 2.05) is 20.1 Å². The number of nitrogens with one attached hydrogen (secondary N) is 2. The van der Waals surface area contributed by atoms with Crippen molar-refractivity contribution in [3.63, 3.8) is 0 Å². The van der Waals surface area contributed by atoms with Crippen LogP contribution in [0.3, 0.4) is 0 Å². The van der Waals surface area contributed by atoms with Crippen molar-refractivity contribution in [2.75, 3.05) is 12.8 Å². The van der Waals surface area contributed by atoms with Gasteiger partial charge in [0.2, 0.25) is 0 Å². The van der Waals surface area contributed by atoms with Gasteiger partial charge in [-0.2, -0.15) is 11.8 Å². The van der Waals surface area contributed by atoms with Gasteiger partial charge in [0.25, 0.3) is 0 Å². The molecular weight excluding hydrogens is 172 g/mol. The number of carbonyl (C=O) groups is 1. The van der Waals surface area contributed by atoms with Gasteiger partial charge in [0.15, 0.2) is 0 Å². The molecule has 0 radical (unpaired) electrons. The zero-order valence-electron chi connectivity index (χ0n) is 8.18. The highest BCUT2D eigenvalue weighted by Crippen LogP contribution is 2.01. The van der Waals surface area contributed by atoms with Crippen molar-refractivity contribution in [1.29, 1.82) is 0 Å². The number of amides is 2. The standard InChI is InChI=1S/C8H18N2OS/c1-6(2)10-8(11)9-5-7(3)12-4/h6-7H,5H2,1-4H3,(H2,9,10,11). The van der Waals surface area contributed by atoms with Crippen LogP contribution < -0.4 is 10.6 Å².